The van der Waals surface area contributed by atoms with Crippen LogP contribution >= 0.6 is 11.8 Å². The molecule has 1 aromatic heterocycles. The SMILES string of the molecule is CN(Cc1cccc(F)c1)C(=O)CSCc1nnnn1C1CCCC1. The molecule has 1 heterocycles. The first kappa shape index (κ1) is 17.8. The predicted molar refractivity (Wildman–Crippen MR) is 94.4 cm³/mol. The van der Waals surface area contributed by atoms with E-state index < -0.39 is 0 Å². The van der Waals surface area contributed by atoms with Crippen LogP contribution < -0.4 is 0 Å². The van der Waals surface area contributed by atoms with Crippen molar-refractivity contribution in [3.05, 3.63) is 41.5 Å². The predicted octanol–water partition coefficient (Wildman–Crippen LogP) is 2.82. The minimum atomic E-state index is -0.286. The lowest BCUT2D eigenvalue weighted by Crippen LogP contribution is -2.28. The van der Waals surface area contributed by atoms with Gasteiger partial charge in [-0.15, -0.1) is 16.9 Å². The number of hydrogen-bond acceptors (Lipinski definition) is 5. The van der Waals surface area contributed by atoms with Gasteiger partial charge in [0.25, 0.3) is 0 Å². The van der Waals surface area contributed by atoms with Crippen molar-refractivity contribution in [2.75, 3.05) is 12.8 Å². The molecule has 0 saturated heterocycles. The number of rotatable bonds is 7. The molecule has 1 aliphatic rings. The van der Waals surface area contributed by atoms with Crippen molar-refractivity contribution in [1.29, 1.82) is 0 Å². The first-order chi connectivity index (χ1) is 12.1. The lowest BCUT2D eigenvalue weighted by atomic mass is 10.2. The highest BCUT2D eigenvalue weighted by Crippen LogP contribution is 2.29. The summed E-state index contributed by atoms with van der Waals surface area (Å²) in [5.41, 5.74) is 0.783. The summed E-state index contributed by atoms with van der Waals surface area (Å²) in [4.78, 5) is 13.9. The summed E-state index contributed by atoms with van der Waals surface area (Å²) in [5, 5.41) is 12.0. The van der Waals surface area contributed by atoms with Crippen molar-refractivity contribution in [3.8, 4) is 0 Å². The number of halogens is 1. The smallest absolute Gasteiger partial charge is 0.232 e. The molecule has 1 aromatic carbocycles. The van der Waals surface area contributed by atoms with Gasteiger partial charge < -0.3 is 4.90 Å². The summed E-state index contributed by atoms with van der Waals surface area (Å²) in [6, 6.07) is 6.72. The van der Waals surface area contributed by atoms with E-state index in [1.165, 1.54) is 36.7 Å². The highest BCUT2D eigenvalue weighted by molar-refractivity contribution is 7.99. The maximum atomic E-state index is 13.2. The van der Waals surface area contributed by atoms with Crippen LogP contribution in [0.1, 0.15) is 43.1 Å². The Morgan fingerprint density at radius 2 is 2.20 bits per heavy atom. The molecule has 134 valence electrons. The van der Waals surface area contributed by atoms with Gasteiger partial charge >= 0.3 is 0 Å². The Balaban J connectivity index is 1.47. The lowest BCUT2D eigenvalue weighted by Gasteiger charge is -2.17. The maximum absolute atomic E-state index is 13.2. The minimum absolute atomic E-state index is 0.00847. The van der Waals surface area contributed by atoms with E-state index in [1.54, 1.807) is 18.0 Å². The van der Waals surface area contributed by atoms with Gasteiger partial charge in [0.1, 0.15) is 5.82 Å². The second-order valence-corrected chi connectivity index (χ2v) is 7.34. The molecule has 0 atom stereocenters. The highest BCUT2D eigenvalue weighted by atomic mass is 32.2. The van der Waals surface area contributed by atoms with Crippen molar-refractivity contribution < 1.29 is 9.18 Å². The van der Waals surface area contributed by atoms with Gasteiger partial charge in [-0.2, -0.15) is 0 Å². The minimum Gasteiger partial charge on any atom is -0.341 e. The van der Waals surface area contributed by atoms with Crippen LogP contribution in [0.25, 0.3) is 0 Å². The van der Waals surface area contributed by atoms with Crippen LogP contribution in [0.4, 0.5) is 4.39 Å². The van der Waals surface area contributed by atoms with E-state index in [9.17, 15) is 9.18 Å². The van der Waals surface area contributed by atoms with Gasteiger partial charge in [-0.3, -0.25) is 4.79 Å². The molecule has 0 bridgehead atoms. The summed E-state index contributed by atoms with van der Waals surface area (Å²) >= 11 is 1.51. The van der Waals surface area contributed by atoms with Gasteiger partial charge in [-0.1, -0.05) is 25.0 Å². The summed E-state index contributed by atoms with van der Waals surface area (Å²) in [6.45, 7) is 0.400. The monoisotopic (exact) mass is 363 g/mol. The Morgan fingerprint density at radius 3 is 2.96 bits per heavy atom. The molecule has 0 aliphatic heterocycles. The zero-order chi connectivity index (χ0) is 17.6. The first-order valence-corrected chi connectivity index (χ1v) is 9.62. The Hall–Kier alpha value is -1.96. The molecule has 0 N–H and O–H groups in total. The van der Waals surface area contributed by atoms with E-state index in [4.69, 9.17) is 0 Å². The van der Waals surface area contributed by atoms with Gasteiger partial charge in [-0.25, -0.2) is 9.07 Å². The standard InChI is InChI=1S/C17H22FN5OS/c1-22(10-13-5-4-6-14(18)9-13)17(24)12-25-11-16-19-20-21-23(16)15-7-2-3-8-15/h4-6,9,15H,2-3,7-8,10-12H2,1H3. The maximum Gasteiger partial charge on any atom is 0.232 e. The van der Waals surface area contributed by atoms with Crippen LogP contribution in [0.15, 0.2) is 24.3 Å². The molecule has 0 unspecified atom stereocenters. The van der Waals surface area contributed by atoms with Crippen molar-refractivity contribution in [1.82, 2.24) is 25.1 Å². The zero-order valence-electron chi connectivity index (χ0n) is 14.3. The Kier molecular flexibility index (Phi) is 6.01. The van der Waals surface area contributed by atoms with Crippen LogP contribution in [-0.2, 0) is 17.1 Å². The van der Waals surface area contributed by atoms with E-state index in [1.807, 2.05) is 10.7 Å². The fourth-order valence-electron chi connectivity index (χ4n) is 3.08. The number of benzene rings is 1. The van der Waals surface area contributed by atoms with Gasteiger partial charge in [0, 0.05) is 13.6 Å². The quantitative estimate of drug-likeness (QED) is 0.757. The third-order valence-corrected chi connectivity index (χ3v) is 5.34. The molecule has 1 aliphatic carbocycles. The van der Waals surface area contributed by atoms with Crippen LogP contribution in [0.3, 0.4) is 0 Å². The van der Waals surface area contributed by atoms with Crippen molar-refractivity contribution >= 4 is 17.7 Å². The fourth-order valence-corrected chi connectivity index (χ4v) is 3.95. The van der Waals surface area contributed by atoms with Gasteiger partial charge in [-0.05, 0) is 41.0 Å². The molecule has 0 spiro atoms. The van der Waals surface area contributed by atoms with Crippen molar-refractivity contribution in [2.45, 2.75) is 44.0 Å². The van der Waals surface area contributed by atoms with E-state index in [0.717, 1.165) is 24.2 Å². The first-order valence-electron chi connectivity index (χ1n) is 8.46. The molecule has 0 radical (unpaired) electrons. The number of thioether (sulfide) groups is 1. The normalized spacial score (nSPS) is 14.8. The molecule has 2 aromatic rings. The topological polar surface area (TPSA) is 63.9 Å². The van der Waals surface area contributed by atoms with Crippen molar-refractivity contribution in [2.24, 2.45) is 0 Å². The number of hydrogen-bond donors (Lipinski definition) is 0. The number of carbonyl (C=O) groups excluding carboxylic acids is 1. The fraction of sp³-hybridized carbons (Fsp3) is 0.529. The second-order valence-electron chi connectivity index (χ2n) is 6.35. The van der Waals surface area contributed by atoms with Crippen LogP contribution in [0, 0.1) is 5.82 Å². The summed E-state index contributed by atoms with van der Waals surface area (Å²) < 4.78 is 15.1. The van der Waals surface area contributed by atoms with E-state index in [2.05, 4.69) is 15.5 Å². The molecule has 3 rings (SSSR count). The summed E-state index contributed by atoms with van der Waals surface area (Å²) in [7, 11) is 1.73. The summed E-state index contributed by atoms with van der Waals surface area (Å²) in [5.74, 6) is 1.52. The molecule has 1 saturated carbocycles. The third kappa shape index (κ3) is 4.78. The van der Waals surface area contributed by atoms with E-state index in [-0.39, 0.29) is 11.7 Å². The number of nitrogens with zero attached hydrogens (tertiary/aromatic N) is 5. The van der Waals surface area contributed by atoms with Gasteiger partial charge in [0.15, 0.2) is 5.82 Å². The van der Waals surface area contributed by atoms with E-state index in [0.29, 0.717) is 24.1 Å². The number of tetrazole rings is 1. The largest absolute Gasteiger partial charge is 0.341 e. The Morgan fingerprint density at radius 1 is 1.40 bits per heavy atom. The van der Waals surface area contributed by atoms with Crippen molar-refractivity contribution in [3.63, 3.8) is 0 Å². The lowest BCUT2D eigenvalue weighted by molar-refractivity contribution is -0.127. The molecule has 1 fully saturated rings. The van der Waals surface area contributed by atoms with Gasteiger partial charge in [0.2, 0.25) is 5.91 Å². The van der Waals surface area contributed by atoms with Gasteiger partial charge in [0.05, 0.1) is 17.5 Å². The Labute approximate surface area is 150 Å². The van der Waals surface area contributed by atoms with Crippen LogP contribution in [0.5, 0.6) is 0 Å². The molecule has 8 heteroatoms. The number of amides is 1. The molecular weight excluding hydrogens is 341 g/mol. The second kappa shape index (κ2) is 8.42. The average Bonchev–Trinajstić information content (AvgIpc) is 3.25. The van der Waals surface area contributed by atoms with Crippen LogP contribution in [-0.4, -0.2) is 43.8 Å². The van der Waals surface area contributed by atoms with E-state index >= 15 is 0 Å². The zero-order valence-corrected chi connectivity index (χ0v) is 15.1. The molecule has 6 nitrogen and oxygen atoms in total. The highest BCUT2D eigenvalue weighted by Gasteiger charge is 2.21. The molecular formula is C17H22FN5OS. The Bertz CT molecular complexity index is 717. The van der Waals surface area contributed by atoms with Crippen LogP contribution in [0.2, 0.25) is 0 Å². The summed E-state index contributed by atoms with van der Waals surface area (Å²) in [6.07, 6.45) is 4.69. The number of aromatic nitrogens is 4. The molecule has 25 heavy (non-hydrogen) atoms. The average molecular weight is 363 g/mol. The third-order valence-electron chi connectivity index (χ3n) is 4.42. The number of carbonyl (C=O) groups is 1. The molecule has 1 amide bonds.